The van der Waals surface area contributed by atoms with E-state index in [1.807, 2.05) is 6.07 Å². The lowest BCUT2D eigenvalue weighted by atomic mass is 10.1. The molecule has 0 aromatic heterocycles. The van der Waals surface area contributed by atoms with E-state index in [0.29, 0.717) is 48.9 Å². The molecule has 1 fully saturated rings. The standard InChI is InChI=1S/C24H29N3O5/c1-30-21-9-8-18(17-22(21)31-2)16-20(26-23(28)19-6-4-3-5-7-19)24(29)25-10-11-27-12-14-32-15-13-27/h3-9,16-17H,10-15H2,1-2H3,(H,25,29)(H,26,28)/b20-16-. The molecule has 1 aliphatic rings. The highest BCUT2D eigenvalue weighted by molar-refractivity contribution is 6.05. The number of benzene rings is 2. The molecule has 3 rings (SSSR count). The number of hydrogen-bond donors (Lipinski definition) is 2. The van der Waals surface area contributed by atoms with Crippen LogP contribution in [-0.4, -0.2) is 70.3 Å². The van der Waals surface area contributed by atoms with Gasteiger partial charge in [-0.05, 0) is 35.9 Å². The van der Waals surface area contributed by atoms with Crippen LogP contribution in [0.3, 0.4) is 0 Å². The normalized spacial score (nSPS) is 14.5. The molecule has 0 atom stereocenters. The largest absolute Gasteiger partial charge is 0.493 e. The molecule has 0 spiro atoms. The van der Waals surface area contributed by atoms with Crippen molar-refractivity contribution in [1.82, 2.24) is 15.5 Å². The molecule has 0 saturated carbocycles. The van der Waals surface area contributed by atoms with Gasteiger partial charge in [-0.2, -0.15) is 0 Å². The first-order valence-electron chi connectivity index (χ1n) is 10.5. The molecule has 0 aliphatic carbocycles. The molecule has 2 aromatic carbocycles. The maximum absolute atomic E-state index is 12.9. The highest BCUT2D eigenvalue weighted by Gasteiger charge is 2.16. The Morgan fingerprint density at radius 2 is 1.75 bits per heavy atom. The summed E-state index contributed by atoms with van der Waals surface area (Å²) in [6.07, 6.45) is 1.62. The minimum absolute atomic E-state index is 0.146. The van der Waals surface area contributed by atoms with Crippen LogP contribution in [0.15, 0.2) is 54.2 Å². The zero-order valence-corrected chi connectivity index (χ0v) is 18.4. The molecule has 8 nitrogen and oxygen atoms in total. The summed E-state index contributed by atoms with van der Waals surface area (Å²) in [4.78, 5) is 27.9. The molecule has 1 saturated heterocycles. The highest BCUT2D eigenvalue weighted by Crippen LogP contribution is 2.28. The topological polar surface area (TPSA) is 89.1 Å². The van der Waals surface area contributed by atoms with Gasteiger partial charge in [0.05, 0.1) is 27.4 Å². The second-order valence-electron chi connectivity index (χ2n) is 7.20. The molecule has 8 heteroatoms. The lowest BCUT2D eigenvalue weighted by Crippen LogP contribution is -2.42. The number of amides is 2. The van der Waals surface area contributed by atoms with Crippen LogP contribution >= 0.6 is 0 Å². The van der Waals surface area contributed by atoms with Crippen molar-refractivity contribution in [2.45, 2.75) is 0 Å². The first-order chi connectivity index (χ1) is 15.6. The van der Waals surface area contributed by atoms with Crippen LogP contribution in [0.25, 0.3) is 6.08 Å². The van der Waals surface area contributed by atoms with Crippen molar-refractivity contribution >= 4 is 17.9 Å². The Morgan fingerprint density at radius 1 is 1.03 bits per heavy atom. The van der Waals surface area contributed by atoms with E-state index in [9.17, 15) is 9.59 Å². The monoisotopic (exact) mass is 439 g/mol. The SMILES string of the molecule is COc1ccc(/C=C(\NC(=O)c2ccccc2)C(=O)NCCN2CCOCC2)cc1OC. The Bertz CT molecular complexity index is 940. The summed E-state index contributed by atoms with van der Waals surface area (Å²) in [7, 11) is 3.10. The summed E-state index contributed by atoms with van der Waals surface area (Å²) in [5.41, 5.74) is 1.30. The van der Waals surface area contributed by atoms with E-state index < -0.39 is 0 Å². The van der Waals surface area contributed by atoms with E-state index >= 15 is 0 Å². The smallest absolute Gasteiger partial charge is 0.267 e. The van der Waals surface area contributed by atoms with E-state index in [0.717, 1.165) is 13.1 Å². The van der Waals surface area contributed by atoms with Gasteiger partial charge < -0.3 is 24.8 Å². The fourth-order valence-corrected chi connectivity index (χ4v) is 3.30. The van der Waals surface area contributed by atoms with Gasteiger partial charge in [0, 0.05) is 31.7 Å². The molecule has 0 radical (unpaired) electrons. The molecule has 2 N–H and O–H groups in total. The minimum Gasteiger partial charge on any atom is -0.493 e. The lowest BCUT2D eigenvalue weighted by Gasteiger charge is -2.26. The molecule has 2 aromatic rings. The summed E-state index contributed by atoms with van der Waals surface area (Å²) >= 11 is 0. The quantitative estimate of drug-likeness (QED) is 0.581. The molecular weight excluding hydrogens is 410 g/mol. The molecule has 1 heterocycles. The third kappa shape index (κ3) is 6.57. The van der Waals surface area contributed by atoms with Gasteiger partial charge in [-0.1, -0.05) is 24.3 Å². The Hall–Kier alpha value is -3.36. The third-order valence-corrected chi connectivity index (χ3v) is 5.06. The number of rotatable bonds is 9. The first-order valence-corrected chi connectivity index (χ1v) is 10.5. The summed E-state index contributed by atoms with van der Waals surface area (Å²) in [6.45, 7) is 4.26. The minimum atomic E-state index is -0.364. The van der Waals surface area contributed by atoms with Crippen LogP contribution < -0.4 is 20.1 Å². The fraction of sp³-hybridized carbons (Fsp3) is 0.333. The first kappa shape index (κ1) is 23.3. The van der Waals surface area contributed by atoms with Crippen LogP contribution in [0.5, 0.6) is 11.5 Å². The molecule has 32 heavy (non-hydrogen) atoms. The molecule has 0 unspecified atom stereocenters. The Balaban J connectivity index is 1.76. The number of carbonyl (C=O) groups is 2. The van der Waals surface area contributed by atoms with Crippen molar-refractivity contribution in [1.29, 1.82) is 0 Å². The van der Waals surface area contributed by atoms with Crippen LogP contribution in [0, 0.1) is 0 Å². The second kappa shape index (κ2) is 11.9. The van der Waals surface area contributed by atoms with E-state index in [-0.39, 0.29) is 17.5 Å². The molecule has 2 amide bonds. The predicted octanol–water partition coefficient (Wildman–Crippen LogP) is 1.92. The van der Waals surface area contributed by atoms with E-state index in [1.165, 1.54) is 0 Å². The van der Waals surface area contributed by atoms with Gasteiger partial charge in [0.2, 0.25) is 0 Å². The van der Waals surface area contributed by atoms with Gasteiger partial charge in [0.25, 0.3) is 11.8 Å². The van der Waals surface area contributed by atoms with Crippen molar-refractivity contribution in [3.05, 3.63) is 65.4 Å². The number of methoxy groups -OCH3 is 2. The zero-order valence-electron chi connectivity index (χ0n) is 18.4. The Labute approximate surface area is 188 Å². The van der Waals surface area contributed by atoms with Crippen LogP contribution in [0.2, 0.25) is 0 Å². The summed E-state index contributed by atoms with van der Waals surface area (Å²) in [5, 5.41) is 5.64. The van der Waals surface area contributed by atoms with Gasteiger partial charge in [0.1, 0.15) is 5.70 Å². The van der Waals surface area contributed by atoms with Gasteiger partial charge in [-0.15, -0.1) is 0 Å². The van der Waals surface area contributed by atoms with Crippen molar-refractivity contribution in [3.8, 4) is 11.5 Å². The fourth-order valence-electron chi connectivity index (χ4n) is 3.30. The Morgan fingerprint density at radius 3 is 2.44 bits per heavy atom. The molecule has 0 bridgehead atoms. The van der Waals surface area contributed by atoms with Gasteiger partial charge in [-0.3, -0.25) is 14.5 Å². The number of hydrogen-bond acceptors (Lipinski definition) is 6. The average molecular weight is 440 g/mol. The van der Waals surface area contributed by atoms with Gasteiger partial charge >= 0.3 is 0 Å². The van der Waals surface area contributed by atoms with Gasteiger partial charge in [-0.25, -0.2) is 0 Å². The average Bonchev–Trinajstić information content (AvgIpc) is 2.84. The van der Waals surface area contributed by atoms with Crippen molar-refractivity contribution in [2.24, 2.45) is 0 Å². The van der Waals surface area contributed by atoms with E-state index in [4.69, 9.17) is 14.2 Å². The number of morpholine rings is 1. The summed E-state index contributed by atoms with van der Waals surface area (Å²) in [6, 6.07) is 14.0. The van der Waals surface area contributed by atoms with Crippen LogP contribution in [-0.2, 0) is 9.53 Å². The van der Waals surface area contributed by atoms with Crippen LogP contribution in [0.4, 0.5) is 0 Å². The van der Waals surface area contributed by atoms with Gasteiger partial charge in [0.15, 0.2) is 11.5 Å². The highest BCUT2D eigenvalue weighted by atomic mass is 16.5. The summed E-state index contributed by atoms with van der Waals surface area (Å²) < 4.78 is 16.0. The predicted molar refractivity (Wildman–Crippen MR) is 122 cm³/mol. The summed E-state index contributed by atoms with van der Waals surface area (Å²) in [5.74, 6) is 0.384. The Kier molecular flexibility index (Phi) is 8.65. The molecular formula is C24H29N3O5. The second-order valence-corrected chi connectivity index (χ2v) is 7.20. The van der Waals surface area contributed by atoms with E-state index in [1.54, 1.807) is 62.8 Å². The maximum Gasteiger partial charge on any atom is 0.267 e. The van der Waals surface area contributed by atoms with Crippen molar-refractivity contribution in [2.75, 3.05) is 53.6 Å². The lowest BCUT2D eigenvalue weighted by molar-refractivity contribution is -0.117. The number of nitrogens with zero attached hydrogens (tertiary/aromatic N) is 1. The van der Waals surface area contributed by atoms with Crippen molar-refractivity contribution < 1.29 is 23.8 Å². The van der Waals surface area contributed by atoms with E-state index in [2.05, 4.69) is 15.5 Å². The maximum atomic E-state index is 12.9. The zero-order chi connectivity index (χ0) is 22.8. The van der Waals surface area contributed by atoms with Crippen molar-refractivity contribution in [3.63, 3.8) is 0 Å². The number of nitrogens with one attached hydrogen (secondary N) is 2. The van der Waals surface area contributed by atoms with Crippen LogP contribution in [0.1, 0.15) is 15.9 Å². The third-order valence-electron chi connectivity index (χ3n) is 5.06. The molecule has 1 aliphatic heterocycles. The molecule has 170 valence electrons. The number of carbonyl (C=O) groups excluding carboxylic acids is 2. The number of ether oxygens (including phenoxy) is 3.